The van der Waals surface area contributed by atoms with Gasteiger partial charge in [-0.25, -0.2) is 4.98 Å². The zero-order valence-electron chi connectivity index (χ0n) is 11.1. The quantitative estimate of drug-likeness (QED) is 0.853. The Labute approximate surface area is 129 Å². The van der Waals surface area contributed by atoms with Gasteiger partial charge in [0, 0.05) is 12.3 Å². The molecule has 22 heavy (non-hydrogen) atoms. The predicted molar refractivity (Wildman–Crippen MR) is 78.4 cm³/mol. The van der Waals surface area contributed by atoms with Crippen molar-refractivity contribution in [3.05, 3.63) is 65.3 Å². The molecule has 0 unspecified atom stereocenters. The molecule has 2 aromatic rings. The first-order valence-corrected chi connectivity index (χ1v) is 6.51. The van der Waals surface area contributed by atoms with Gasteiger partial charge < -0.3 is 5.32 Å². The lowest BCUT2D eigenvalue weighted by atomic mass is 10.1. The molecule has 0 saturated carbocycles. The van der Waals surface area contributed by atoms with Crippen molar-refractivity contribution >= 4 is 28.9 Å². The number of anilines is 1. The van der Waals surface area contributed by atoms with E-state index >= 15 is 0 Å². The number of allylic oxidation sites excluding steroid dienone is 1. The maximum absolute atomic E-state index is 13.1. The zero-order chi connectivity index (χ0) is 16.2. The maximum Gasteiger partial charge on any atom is 0.417 e. The summed E-state index contributed by atoms with van der Waals surface area (Å²) in [6.45, 7) is 0. The fourth-order valence-electron chi connectivity index (χ4n) is 1.69. The van der Waals surface area contributed by atoms with Crippen molar-refractivity contribution in [1.82, 2.24) is 4.98 Å². The van der Waals surface area contributed by atoms with E-state index in [-0.39, 0.29) is 11.4 Å². The summed E-state index contributed by atoms with van der Waals surface area (Å²) in [6, 6.07) is 9.95. The average molecular weight is 327 g/mol. The standard InChI is InChI=1S/C15H10ClF3N2O/c16-11-6-7-13(20-9-11)21-14(22)8-12(15(17,18)19)10-4-2-1-3-5-10/h1-9H,(H,20,21,22)/b12-8-. The number of carbonyl (C=O) groups is 1. The molecule has 0 atom stereocenters. The molecular formula is C15H10ClF3N2O. The summed E-state index contributed by atoms with van der Waals surface area (Å²) >= 11 is 5.64. The Kier molecular flexibility index (Phi) is 4.82. The number of carbonyl (C=O) groups excluding carboxylic acids is 1. The minimum atomic E-state index is -4.65. The minimum absolute atomic E-state index is 0.0887. The molecule has 1 heterocycles. The van der Waals surface area contributed by atoms with Crippen LogP contribution in [-0.4, -0.2) is 17.1 Å². The van der Waals surface area contributed by atoms with Gasteiger partial charge in [-0.1, -0.05) is 41.9 Å². The van der Waals surface area contributed by atoms with Crippen molar-refractivity contribution in [2.24, 2.45) is 0 Å². The summed E-state index contributed by atoms with van der Waals surface area (Å²) in [7, 11) is 0. The molecule has 2 rings (SSSR count). The first-order chi connectivity index (χ1) is 10.4. The summed E-state index contributed by atoms with van der Waals surface area (Å²) < 4.78 is 39.2. The van der Waals surface area contributed by atoms with E-state index < -0.39 is 17.7 Å². The topological polar surface area (TPSA) is 42.0 Å². The number of rotatable bonds is 3. The van der Waals surface area contributed by atoms with Crippen LogP contribution in [0.5, 0.6) is 0 Å². The summed E-state index contributed by atoms with van der Waals surface area (Å²) in [6.07, 6.45) is -2.86. The molecule has 114 valence electrons. The number of benzene rings is 1. The van der Waals surface area contributed by atoms with E-state index in [1.807, 2.05) is 0 Å². The van der Waals surface area contributed by atoms with E-state index in [4.69, 9.17) is 11.6 Å². The highest BCUT2D eigenvalue weighted by Crippen LogP contribution is 2.33. The van der Waals surface area contributed by atoms with Gasteiger partial charge >= 0.3 is 6.18 Å². The molecule has 0 aliphatic carbocycles. The third-order valence-electron chi connectivity index (χ3n) is 2.64. The van der Waals surface area contributed by atoms with Gasteiger partial charge in [-0.05, 0) is 17.7 Å². The average Bonchev–Trinajstić information content (AvgIpc) is 2.47. The number of hydrogen-bond acceptors (Lipinski definition) is 2. The first kappa shape index (κ1) is 16.0. The van der Waals surface area contributed by atoms with E-state index in [1.165, 1.54) is 42.6 Å². The van der Waals surface area contributed by atoms with Crippen LogP contribution < -0.4 is 5.32 Å². The molecular weight excluding hydrogens is 317 g/mol. The Morgan fingerprint density at radius 1 is 1.14 bits per heavy atom. The fourth-order valence-corrected chi connectivity index (χ4v) is 1.80. The Hall–Kier alpha value is -2.34. The van der Waals surface area contributed by atoms with Crippen molar-refractivity contribution < 1.29 is 18.0 Å². The monoisotopic (exact) mass is 326 g/mol. The molecule has 0 aliphatic rings. The van der Waals surface area contributed by atoms with Crippen LogP contribution in [-0.2, 0) is 4.79 Å². The molecule has 7 heteroatoms. The number of amides is 1. The highest BCUT2D eigenvalue weighted by Gasteiger charge is 2.35. The van der Waals surface area contributed by atoms with Crippen LogP contribution in [0.2, 0.25) is 5.02 Å². The van der Waals surface area contributed by atoms with Crippen LogP contribution in [0, 0.1) is 0 Å². The third kappa shape index (κ3) is 4.33. The molecule has 0 spiro atoms. The predicted octanol–water partition coefficient (Wildman–Crippen LogP) is 4.32. The van der Waals surface area contributed by atoms with Gasteiger partial charge in [0.25, 0.3) is 0 Å². The second-order valence-electron chi connectivity index (χ2n) is 4.27. The lowest BCUT2D eigenvalue weighted by molar-refractivity contribution is -0.112. The van der Waals surface area contributed by atoms with Crippen LogP contribution >= 0.6 is 11.6 Å². The normalized spacial score (nSPS) is 12.1. The lowest BCUT2D eigenvalue weighted by Gasteiger charge is -2.12. The summed E-state index contributed by atoms with van der Waals surface area (Å²) in [5, 5.41) is 2.61. The second-order valence-corrected chi connectivity index (χ2v) is 4.71. The summed E-state index contributed by atoms with van der Waals surface area (Å²) in [5.41, 5.74) is -1.12. The zero-order valence-corrected chi connectivity index (χ0v) is 11.8. The Morgan fingerprint density at radius 2 is 1.82 bits per heavy atom. The highest BCUT2D eigenvalue weighted by molar-refractivity contribution is 6.30. The van der Waals surface area contributed by atoms with Gasteiger partial charge in [0.2, 0.25) is 5.91 Å². The van der Waals surface area contributed by atoms with Crippen LogP contribution in [0.15, 0.2) is 54.7 Å². The smallest absolute Gasteiger partial charge is 0.307 e. The van der Waals surface area contributed by atoms with E-state index in [0.29, 0.717) is 11.1 Å². The van der Waals surface area contributed by atoms with Gasteiger partial charge in [-0.3, -0.25) is 4.79 Å². The van der Waals surface area contributed by atoms with Crippen LogP contribution in [0.25, 0.3) is 5.57 Å². The molecule has 1 N–H and O–H groups in total. The number of hydrogen-bond donors (Lipinski definition) is 1. The van der Waals surface area contributed by atoms with Crippen molar-refractivity contribution in [3.8, 4) is 0 Å². The van der Waals surface area contributed by atoms with Gasteiger partial charge in [-0.2, -0.15) is 13.2 Å². The lowest BCUT2D eigenvalue weighted by Crippen LogP contribution is -2.16. The molecule has 0 aliphatic heterocycles. The molecule has 3 nitrogen and oxygen atoms in total. The van der Waals surface area contributed by atoms with Gasteiger partial charge in [0.15, 0.2) is 0 Å². The highest BCUT2D eigenvalue weighted by atomic mass is 35.5. The number of halogens is 4. The fraction of sp³-hybridized carbons (Fsp3) is 0.0667. The third-order valence-corrected chi connectivity index (χ3v) is 2.87. The van der Waals surface area contributed by atoms with Gasteiger partial charge in [-0.15, -0.1) is 0 Å². The van der Waals surface area contributed by atoms with Crippen LogP contribution in [0.1, 0.15) is 5.56 Å². The van der Waals surface area contributed by atoms with Gasteiger partial charge in [0.05, 0.1) is 10.6 Å². The Morgan fingerprint density at radius 3 is 2.36 bits per heavy atom. The first-order valence-electron chi connectivity index (χ1n) is 6.13. The molecule has 0 fully saturated rings. The maximum atomic E-state index is 13.1. The minimum Gasteiger partial charge on any atom is -0.307 e. The number of aromatic nitrogens is 1. The summed E-state index contributed by atoms with van der Waals surface area (Å²) in [4.78, 5) is 15.6. The summed E-state index contributed by atoms with van der Waals surface area (Å²) in [5.74, 6) is -0.814. The second kappa shape index (κ2) is 6.62. The molecule has 0 bridgehead atoms. The number of pyridine rings is 1. The van der Waals surface area contributed by atoms with E-state index in [0.717, 1.165) is 0 Å². The molecule has 1 aromatic heterocycles. The van der Waals surface area contributed by atoms with Gasteiger partial charge in [0.1, 0.15) is 5.82 Å². The van der Waals surface area contributed by atoms with Crippen molar-refractivity contribution in [2.45, 2.75) is 6.18 Å². The Balaban J connectivity index is 2.26. The van der Waals surface area contributed by atoms with Crippen LogP contribution in [0.3, 0.4) is 0 Å². The number of nitrogens with zero attached hydrogens (tertiary/aromatic N) is 1. The number of alkyl halides is 3. The van der Waals surface area contributed by atoms with E-state index in [9.17, 15) is 18.0 Å². The largest absolute Gasteiger partial charge is 0.417 e. The molecule has 1 aromatic carbocycles. The van der Waals surface area contributed by atoms with Crippen molar-refractivity contribution in [3.63, 3.8) is 0 Å². The Bertz CT molecular complexity index is 682. The van der Waals surface area contributed by atoms with E-state index in [2.05, 4.69) is 10.3 Å². The van der Waals surface area contributed by atoms with Crippen LogP contribution in [0.4, 0.5) is 19.0 Å². The van der Waals surface area contributed by atoms with Crippen molar-refractivity contribution in [1.29, 1.82) is 0 Å². The molecule has 0 radical (unpaired) electrons. The number of nitrogens with one attached hydrogen (secondary N) is 1. The molecule has 0 saturated heterocycles. The SMILES string of the molecule is O=C(/C=C(/c1ccccc1)C(F)(F)F)Nc1ccc(Cl)cn1. The van der Waals surface area contributed by atoms with Crippen molar-refractivity contribution in [2.75, 3.05) is 5.32 Å². The van der Waals surface area contributed by atoms with E-state index in [1.54, 1.807) is 6.07 Å². The molecule has 1 amide bonds.